The molecule has 1 atom stereocenters. The minimum atomic E-state index is -2.80. The Morgan fingerprint density at radius 3 is 2.20 bits per heavy atom. The van der Waals surface area contributed by atoms with Crippen molar-refractivity contribution in [1.29, 1.82) is 0 Å². The molecule has 0 heterocycles. The summed E-state index contributed by atoms with van der Waals surface area (Å²) in [5.41, 5.74) is 4.75. The summed E-state index contributed by atoms with van der Waals surface area (Å²) in [5, 5.41) is 0. The second-order valence-electron chi connectivity index (χ2n) is 4.39. The first-order valence-corrected chi connectivity index (χ1v) is 5.20. The molecule has 0 aromatic heterocycles. The van der Waals surface area contributed by atoms with Crippen LogP contribution in [-0.4, -0.2) is 6.04 Å². The zero-order valence-corrected chi connectivity index (χ0v) is 8.71. The van der Waals surface area contributed by atoms with E-state index >= 15 is 0 Å². The molecule has 0 amide bonds. The largest absolute Gasteiger partial charge is 0.327 e. The van der Waals surface area contributed by atoms with E-state index in [1.807, 2.05) is 0 Å². The van der Waals surface area contributed by atoms with Gasteiger partial charge in [0.1, 0.15) is 0 Å². The summed E-state index contributed by atoms with van der Waals surface area (Å²) < 4.78 is 28.3. The van der Waals surface area contributed by atoms with Gasteiger partial charge in [0.2, 0.25) is 0 Å². The van der Waals surface area contributed by atoms with E-state index in [2.05, 4.69) is 0 Å². The van der Waals surface area contributed by atoms with Crippen molar-refractivity contribution in [1.82, 2.24) is 0 Å². The summed E-state index contributed by atoms with van der Waals surface area (Å²) in [4.78, 5) is 0. The lowest BCUT2D eigenvalue weighted by Gasteiger charge is -2.30. The average molecular weight is 211 g/mol. The van der Waals surface area contributed by atoms with Crippen LogP contribution < -0.4 is 5.73 Å². The highest BCUT2D eigenvalue weighted by Crippen LogP contribution is 2.62. The Bertz CT molecular complexity index is 342. The molecule has 1 nitrogen and oxygen atoms in total. The number of hydrogen-bond donors (Lipinski definition) is 1. The van der Waals surface area contributed by atoms with Crippen LogP contribution in [0.15, 0.2) is 30.3 Å². The monoisotopic (exact) mass is 211 g/mol. The Labute approximate surface area is 88.3 Å². The highest BCUT2D eigenvalue weighted by Gasteiger charge is 2.64. The van der Waals surface area contributed by atoms with Gasteiger partial charge in [-0.25, -0.2) is 8.78 Å². The first-order chi connectivity index (χ1) is 7.01. The zero-order valence-electron chi connectivity index (χ0n) is 8.71. The SMILES string of the molecule is CC(N)C1(C(F)(F)c2ccccc2)CC1. The van der Waals surface area contributed by atoms with Crippen LogP contribution in [-0.2, 0) is 5.92 Å². The Balaban J connectivity index is 2.36. The number of nitrogens with two attached hydrogens (primary N) is 1. The van der Waals surface area contributed by atoms with Gasteiger partial charge in [-0.3, -0.25) is 0 Å². The van der Waals surface area contributed by atoms with Crippen LogP contribution in [0.4, 0.5) is 8.78 Å². The Morgan fingerprint density at radius 1 is 1.27 bits per heavy atom. The van der Waals surface area contributed by atoms with Gasteiger partial charge in [-0.2, -0.15) is 0 Å². The van der Waals surface area contributed by atoms with Crippen LogP contribution in [0.1, 0.15) is 25.3 Å². The van der Waals surface area contributed by atoms with Crippen LogP contribution in [0, 0.1) is 5.41 Å². The molecule has 0 radical (unpaired) electrons. The molecule has 2 rings (SSSR count). The Kier molecular flexibility index (Phi) is 2.30. The van der Waals surface area contributed by atoms with Crippen molar-refractivity contribution in [2.24, 2.45) is 11.1 Å². The lowest BCUT2D eigenvalue weighted by atomic mass is 9.86. The van der Waals surface area contributed by atoms with Gasteiger partial charge in [0, 0.05) is 11.6 Å². The smallest absolute Gasteiger partial charge is 0.280 e. The Hall–Kier alpha value is -0.960. The van der Waals surface area contributed by atoms with Crippen molar-refractivity contribution in [3.05, 3.63) is 35.9 Å². The molecule has 1 aromatic carbocycles. The first kappa shape index (κ1) is 10.6. The molecule has 0 saturated heterocycles. The number of alkyl halides is 2. The van der Waals surface area contributed by atoms with Crippen LogP contribution >= 0.6 is 0 Å². The predicted octanol–water partition coefficient (Wildman–Crippen LogP) is 2.91. The second-order valence-corrected chi connectivity index (χ2v) is 4.39. The van der Waals surface area contributed by atoms with Crippen molar-refractivity contribution >= 4 is 0 Å². The highest BCUT2D eigenvalue weighted by atomic mass is 19.3. The van der Waals surface area contributed by atoms with E-state index in [0.717, 1.165) is 0 Å². The third-order valence-electron chi connectivity index (χ3n) is 3.42. The van der Waals surface area contributed by atoms with E-state index in [0.29, 0.717) is 12.8 Å². The summed E-state index contributed by atoms with van der Waals surface area (Å²) in [6.45, 7) is 1.67. The zero-order chi connectivity index (χ0) is 11.1. The molecule has 1 unspecified atom stereocenters. The minimum Gasteiger partial charge on any atom is -0.327 e. The predicted molar refractivity (Wildman–Crippen MR) is 55.7 cm³/mol. The number of halogens is 2. The Morgan fingerprint density at radius 2 is 1.80 bits per heavy atom. The van der Waals surface area contributed by atoms with Crippen LogP contribution in [0.5, 0.6) is 0 Å². The summed E-state index contributed by atoms with van der Waals surface area (Å²) in [7, 11) is 0. The molecule has 1 aromatic rings. The standard InChI is InChI=1S/C12H15F2N/c1-9(15)11(7-8-11)12(13,14)10-5-3-2-4-6-10/h2-6,9H,7-8,15H2,1H3. The van der Waals surface area contributed by atoms with Crippen molar-refractivity contribution in [2.45, 2.75) is 31.7 Å². The van der Waals surface area contributed by atoms with E-state index in [4.69, 9.17) is 5.73 Å². The fraction of sp³-hybridized carbons (Fsp3) is 0.500. The molecule has 0 aliphatic heterocycles. The molecule has 0 spiro atoms. The minimum absolute atomic E-state index is 0.0831. The van der Waals surface area contributed by atoms with Gasteiger partial charge in [0.05, 0.1) is 5.41 Å². The molecule has 15 heavy (non-hydrogen) atoms. The van der Waals surface area contributed by atoms with Gasteiger partial charge >= 0.3 is 0 Å². The van der Waals surface area contributed by atoms with E-state index in [9.17, 15) is 8.78 Å². The third-order valence-corrected chi connectivity index (χ3v) is 3.42. The van der Waals surface area contributed by atoms with E-state index in [1.165, 1.54) is 12.1 Å². The quantitative estimate of drug-likeness (QED) is 0.817. The molecule has 2 N–H and O–H groups in total. The van der Waals surface area contributed by atoms with E-state index in [-0.39, 0.29) is 5.56 Å². The van der Waals surface area contributed by atoms with E-state index in [1.54, 1.807) is 25.1 Å². The fourth-order valence-corrected chi connectivity index (χ4v) is 2.12. The summed E-state index contributed by atoms with van der Waals surface area (Å²) in [6, 6.07) is 7.50. The fourth-order valence-electron chi connectivity index (χ4n) is 2.12. The van der Waals surface area contributed by atoms with Crippen LogP contribution in [0.25, 0.3) is 0 Å². The maximum Gasteiger partial charge on any atom is 0.280 e. The second kappa shape index (κ2) is 3.27. The van der Waals surface area contributed by atoms with Gasteiger partial charge in [-0.15, -0.1) is 0 Å². The topological polar surface area (TPSA) is 26.0 Å². The summed E-state index contributed by atoms with van der Waals surface area (Å²) in [5.74, 6) is -2.80. The van der Waals surface area contributed by atoms with Gasteiger partial charge in [-0.1, -0.05) is 30.3 Å². The van der Waals surface area contributed by atoms with Crippen LogP contribution in [0.2, 0.25) is 0 Å². The first-order valence-electron chi connectivity index (χ1n) is 5.20. The molecular formula is C12H15F2N. The molecule has 3 heteroatoms. The van der Waals surface area contributed by atoms with Gasteiger partial charge in [-0.05, 0) is 19.8 Å². The molecule has 1 aliphatic carbocycles. The summed E-state index contributed by atoms with van der Waals surface area (Å²) >= 11 is 0. The molecule has 1 aliphatic rings. The molecule has 82 valence electrons. The van der Waals surface area contributed by atoms with E-state index < -0.39 is 17.4 Å². The molecule has 1 fully saturated rings. The molecular weight excluding hydrogens is 196 g/mol. The lowest BCUT2D eigenvalue weighted by molar-refractivity contribution is -0.0880. The van der Waals surface area contributed by atoms with Crippen LogP contribution in [0.3, 0.4) is 0 Å². The summed E-state index contributed by atoms with van der Waals surface area (Å²) in [6.07, 6.45) is 1.04. The van der Waals surface area contributed by atoms with Crippen molar-refractivity contribution < 1.29 is 8.78 Å². The maximum absolute atomic E-state index is 14.2. The number of rotatable bonds is 3. The maximum atomic E-state index is 14.2. The molecule has 1 saturated carbocycles. The van der Waals surface area contributed by atoms with Crippen molar-refractivity contribution in [2.75, 3.05) is 0 Å². The normalized spacial score (nSPS) is 21.1. The lowest BCUT2D eigenvalue weighted by Crippen LogP contribution is -2.40. The molecule has 0 bridgehead atoms. The van der Waals surface area contributed by atoms with Crippen molar-refractivity contribution in [3.8, 4) is 0 Å². The number of hydrogen-bond acceptors (Lipinski definition) is 1. The average Bonchev–Trinajstić information content (AvgIpc) is 3.00. The van der Waals surface area contributed by atoms with Gasteiger partial charge in [0.15, 0.2) is 0 Å². The third kappa shape index (κ3) is 1.46. The highest BCUT2D eigenvalue weighted by molar-refractivity contribution is 5.26. The number of benzene rings is 1. The van der Waals surface area contributed by atoms with Crippen molar-refractivity contribution in [3.63, 3.8) is 0 Å². The van der Waals surface area contributed by atoms with Gasteiger partial charge < -0.3 is 5.73 Å². The van der Waals surface area contributed by atoms with Gasteiger partial charge in [0.25, 0.3) is 5.92 Å².